The molecule has 0 aromatic rings. The summed E-state index contributed by atoms with van der Waals surface area (Å²) < 4.78 is 5.14. The van der Waals surface area contributed by atoms with Crippen molar-refractivity contribution in [2.75, 3.05) is 0 Å². The van der Waals surface area contributed by atoms with Crippen LogP contribution in [0.15, 0.2) is 22.9 Å². The first-order valence-corrected chi connectivity index (χ1v) is 5.82. The SMILES string of the molecule is CC(=O)OC1=C(Cl)[C@@H]2/C=C\CCCC[C@H]12. The smallest absolute Gasteiger partial charge is 0.307 e. The molecule has 2 atom stereocenters. The minimum Gasteiger partial charge on any atom is -0.430 e. The topological polar surface area (TPSA) is 26.3 Å². The zero-order valence-electron chi connectivity index (χ0n) is 8.83. The Labute approximate surface area is 94.9 Å². The van der Waals surface area contributed by atoms with Gasteiger partial charge in [-0.25, -0.2) is 0 Å². The van der Waals surface area contributed by atoms with E-state index in [1.807, 2.05) is 0 Å². The van der Waals surface area contributed by atoms with Gasteiger partial charge in [-0.1, -0.05) is 30.2 Å². The Morgan fingerprint density at radius 2 is 2.33 bits per heavy atom. The second-order valence-corrected chi connectivity index (χ2v) is 4.56. The van der Waals surface area contributed by atoms with Gasteiger partial charge in [0.1, 0.15) is 5.76 Å². The van der Waals surface area contributed by atoms with E-state index in [1.54, 1.807) is 0 Å². The van der Waals surface area contributed by atoms with Crippen molar-refractivity contribution in [3.8, 4) is 0 Å². The highest BCUT2D eigenvalue weighted by molar-refractivity contribution is 6.31. The van der Waals surface area contributed by atoms with E-state index in [4.69, 9.17) is 16.3 Å². The summed E-state index contributed by atoms with van der Waals surface area (Å²) in [5, 5.41) is 0.716. The van der Waals surface area contributed by atoms with Crippen molar-refractivity contribution in [1.82, 2.24) is 0 Å². The van der Waals surface area contributed by atoms with Crippen molar-refractivity contribution in [3.05, 3.63) is 22.9 Å². The van der Waals surface area contributed by atoms with Gasteiger partial charge in [0.2, 0.25) is 0 Å². The molecule has 0 heterocycles. The highest BCUT2D eigenvalue weighted by Gasteiger charge is 2.40. The lowest BCUT2D eigenvalue weighted by Gasteiger charge is -2.37. The minimum absolute atomic E-state index is 0.271. The molecule has 3 heteroatoms. The predicted molar refractivity (Wildman–Crippen MR) is 59.2 cm³/mol. The van der Waals surface area contributed by atoms with Gasteiger partial charge in [0.15, 0.2) is 0 Å². The fourth-order valence-electron chi connectivity index (χ4n) is 2.26. The van der Waals surface area contributed by atoms with Crippen LogP contribution < -0.4 is 0 Å². The molecule has 82 valence electrons. The minimum atomic E-state index is -0.271. The summed E-state index contributed by atoms with van der Waals surface area (Å²) in [5.41, 5.74) is 0. The molecule has 0 aliphatic heterocycles. The molecule has 2 aliphatic rings. The van der Waals surface area contributed by atoms with Crippen molar-refractivity contribution >= 4 is 17.6 Å². The average molecular weight is 227 g/mol. The summed E-state index contributed by atoms with van der Waals surface area (Å²) in [4.78, 5) is 10.9. The van der Waals surface area contributed by atoms with Crippen LogP contribution in [-0.4, -0.2) is 5.97 Å². The summed E-state index contributed by atoms with van der Waals surface area (Å²) in [7, 11) is 0. The molecule has 0 saturated heterocycles. The van der Waals surface area contributed by atoms with Crippen LogP contribution in [0, 0.1) is 11.8 Å². The Morgan fingerprint density at radius 3 is 3.07 bits per heavy atom. The first-order chi connectivity index (χ1) is 7.20. The third-order valence-electron chi connectivity index (χ3n) is 3.03. The maximum absolute atomic E-state index is 10.9. The van der Waals surface area contributed by atoms with Crippen LogP contribution in [0.25, 0.3) is 0 Å². The van der Waals surface area contributed by atoms with Gasteiger partial charge in [-0.2, -0.15) is 0 Å². The number of fused-ring (bicyclic) bond motifs is 1. The monoisotopic (exact) mass is 226 g/mol. The summed E-state index contributed by atoms with van der Waals surface area (Å²) in [6.45, 7) is 1.42. The zero-order chi connectivity index (χ0) is 10.8. The van der Waals surface area contributed by atoms with E-state index in [2.05, 4.69) is 12.2 Å². The van der Waals surface area contributed by atoms with E-state index in [0.29, 0.717) is 22.6 Å². The Kier molecular flexibility index (Phi) is 3.15. The summed E-state index contributed by atoms with van der Waals surface area (Å²) >= 11 is 6.11. The summed E-state index contributed by atoms with van der Waals surface area (Å²) in [6, 6.07) is 0. The molecule has 0 spiro atoms. The normalized spacial score (nSPS) is 32.1. The Balaban J connectivity index is 2.14. The molecule has 0 amide bonds. The van der Waals surface area contributed by atoms with Crippen molar-refractivity contribution in [2.24, 2.45) is 11.8 Å². The number of carbonyl (C=O) groups is 1. The van der Waals surface area contributed by atoms with Crippen LogP contribution >= 0.6 is 11.6 Å². The van der Waals surface area contributed by atoms with Crippen molar-refractivity contribution < 1.29 is 9.53 Å². The number of hydrogen-bond acceptors (Lipinski definition) is 2. The van der Waals surface area contributed by atoms with Crippen LogP contribution in [0.5, 0.6) is 0 Å². The van der Waals surface area contributed by atoms with Gasteiger partial charge in [-0.05, 0) is 19.3 Å². The third-order valence-corrected chi connectivity index (χ3v) is 3.47. The molecular weight excluding hydrogens is 212 g/mol. The van der Waals surface area contributed by atoms with E-state index in [9.17, 15) is 4.79 Å². The maximum Gasteiger partial charge on any atom is 0.307 e. The number of carbonyl (C=O) groups excluding carboxylic acids is 1. The highest BCUT2D eigenvalue weighted by atomic mass is 35.5. The molecule has 0 N–H and O–H groups in total. The van der Waals surface area contributed by atoms with Crippen molar-refractivity contribution in [2.45, 2.75) is 32.6 Å². The number of rotatable bonds is 1. The number of hydrogen-bond donors (Lipinski definition) is 0. The number of halogens is 1. The molecule has 0 aromatic carbocycles. The number of allylic oxidation sites excluding steroid dienone is 4. The van der Waals surface area contributed by atoms with E-state index >= 15 is 0 Å². The van der Waals surface area contributed by atoms with Gasteiger partial charge in [-0.3, -0.25) is 4.79 Å². The second kappa shape index (κ2) is 4.40. The molecule has 2 aliphatic carbocycles. The highest BCUT2D eigenvalue weighted by Crippen LogP contribution is 2.48. The lowest BCUT2D eigenvalue weighted by Crippen LogP contribution is -2.30. The van der Waals surface area contributed by atoms with Crippen molar-refractivity contribution in [3.63, 3.8) is 0 Å². The van der Waals surface area contributed by atoms with Crippen LogP contribution in [0.4, 0.5) is 0 Å². The standard InChI is InChI=1S/C12H15ClO2/c1-8(14)15-12-10-7-5-3-2-4-6-9(10)11(12)13/h4,6,9-10H,2-3,5,7H2,1H3/b6-4-/t9-,10+/m1/s1. The van der Waals surface area contributed by atoms with Gasteiger partial charge in [-0.15, -0.1) is 0 Å². The Bertz CT molecular complexity index is 331. The molecule has 0 saturated carbocycles. The van der Waals surface area contributed by atoms with Crippen LogP contribution in [0.3, 0.4) is 0 Å². The molecular formula is C12H15ClO2. The maximum atomic E-state index is 10.9. The first-order valence-electron chi connectivity index (χ1n) is 5.45. The molecule has 0 bridgehead atoms. The van der Waals surface area contributed by atoms with Crippen LogP contribution in [-0.2, 0) is 9.53 Å². The van der Waals surface area contributed by atoms with Crippen LogP contribution in [0.1, 0.15) is 32.6 Å². The molecule has 0 radical (unpaired) electrons. The zero-order valence-corrected chi connectivity index (χ0v) is 9.59. The van der Waals surface area contributed by atoms with Gasteiger partial charge in [0.25, 0.3) is 0 Å². The van der Waals surface area contributed by atoms with Gasteiger partial charge in [0.05, 0.1) is 5.03 Å². The largest absolute Gasteiger partial charge is 0.430 e. The van der Waals surface area contributed by atoms with Gasteiger partial charge in [0, 0.05) is 18.8 Å². The number of esters is 1. The van der Waals surface area contributed by atoms with E-state index < -0.39 is 0 Å². The molecule has 2 rings (SSSR count). The quantitative estimate of drug-likeness (QED) is 0.506. The molecule has 0 aromatic heterocycles. The molecule has 0 fully saturated rings. The van der Waals surface area contributed by atoms with Gasteiger partial charge >= 0.3 is 5.97 Å². The average Bonchev–Trinajstić information content (AvgIpc) is 2.15. The van der Waals surface area contributed by atoms with E-state index in [-0.39, 0.29) is 5.97 Å². The van der Waals surface area contributed by atoms with Crippen molar-refractivity contribution in [1.29, 1.82) is 0 Å². The summed E-state index contributed by atoms with van der Waals surface area (Å²) in [5.74, 6) is 1.06. The van der Waals surface area contributed by atoms with E-state index in [1.165, 1.54) is 19.8 Å². The lowest BCUT2D eigenvalue weighted by atomic mass is 9.75. The van der Waals surface area contributed by atoms with Gasteiger partial charge < -0.3 is 4.74 Å². The first kappa shape index (κ1) is 10.7. The Morgan fingerprint density at radius 1 is 1.53 bits per heavy atom. The predicted octanol–water partition coefficient (Wildman–Crippen LogP) is 3.38. The third kappa shape index (κ3) is 2.10. The lowest BCUT2D eigenvalue weighted by molar-refractivity contribution is -0.138. The number of ether oxygens (including phenoxy) is 1. The fourth-order valence-corrected chi connectivity index (χ4v) is 2.67. The second-order valence-electron chi connectivity index (χ2n) is 4.15. The molecule has 15 heavy (non-hydrogen) atoms. The van der Waals surface area contributed by atoms with Crippen LogP contribution in [0.2, 0.25) is 0 Å². The summed E-state index contributed by atoms with van der Waals surface area (Å²) in [6.07, 6.45) is 8.94. The molecule has 2 nitrogen and oxygen atoms in total. The molecule has 0 unspecified atom stereocenters. The Hall–Kier alpha value is -0.760. The van der Waals surface area contributed by atoms with E-state index in [0.717, 1.165) is 12.8 Å². The fraction of sp³-hybridized carbons (Fsp3) is 0.583.